The molecule has 11 atom stereocenters. The smallest absolute Gasteiger partial charge is 0.188 e. The summed E-state index contributed by atoms with van der Waals surface area (Å²) in [5.74, 6) is 0. The first-order valence-electron chi connectivity index (χ1n) is 9.85. The van der Waals surface area contributed by atoms with Crippen LogP contribution in [-0.2, 0) is 18.9 Å². The number of ether oxygens (including phenoxy) is 4. The molecule has 172 valence electrons. The van der Waals surface area contributed by atoms with Crippen molar-refractivity contribution >= 4 is 0 Å². The quantitative estimate of drug-likeness (QED) is 0.285. The summed E-state index contributed by atoms with van der Waals surface area (Å²) in [5, 5.41) is 69.7. The Hall–Kier alpha value is -1.69. The van der Waals surface area contributed by atoms with Crippen LogP contribution in [0.3, 0.4) is 0 Å². The Balaban J connectivity index is 1.65. The lowest BCUT2D eigenvalue weighted by molar-refractivity contribution is -0.331. The van der Waals surface area contributed by atoms with E-state index in [2.05, 4.69) is 0 Å². The molecular formula is C20H27NO10. The summed E-state index contributed by atoms with van der Waals surface area (Å²) >= 11 is 0. The summed E-state index contributed by atoms with van der Waals surface area (Å²) in [6, 6.07) is 10.4. The zero-order chi connectivity index (χ0) is 22.7. The molecule has 0 bridgehead atoms. The van der Waals surface area contributed by atoms with Crippen LogP contribution in [0, 0.1) is 11.3 Å². The Morgan fingerprint density at radius 1 is 0.871 bits per heavy atom. The van der Waals surface area contributed by atoms with Crippen molar-refractivity contribution in [3.63, 3.8) is 0 Å². The number of aliphatic hydroxyl groups is 6. The van der Waals surface area contributed by atoms with Gasteiger partial charge in [0, 0.05) is 0 Å². The molecule has 0 aliphatic carbocycles. The molecule has 0 spiro atoms. The van der Waals surface area contributed by atoms with Crippen LogP contribution in [0.25, 0.3) is 0 Å². The molecule has 2 aliphatic heterocycles. The molecule has 0 saturated carbocycles. The van der Waals surface area contributed by atoms with Gasteiger partial charge in [-0.1, -0.05) is 30.3 Å². The van der Waals surface area contributed by atoms with Crippen molar-refractivity contribution in [3.8, 4) is 6.07 Å². The lowest BCUT2D eigenvalue weighted by Crippen LogP contribution is -2.61. The average Bonchev–Trinajstić information content (AvgIpc) is 2.78. The lowest BCUT2D eigenvalue weighted by Gasteiger charge is -2.42. The molecule has 0 amide bonds. The van der Waals surface area contributed by atoms with E-state index in [4.69, 9.17) is 18.9 Å². The fourth-order valence-corrected chi connectivity index (χ4v) is 3.45. The van der Waals surface area contributed by atoms with Crippen LogP contribution in [-0.4, -0.2) is 98.7 Å². The maximum Gasteiger partial charge on any atom is 0.188 e. The van der Waals surface area contributed by atoms with Crippen LogP contribution < -0.4 is 0 Å². The van der Waals surface area contributed by atoms with Gasteiger partial charge < -0.3 is 49.6 Å². The van der Waals surface area contributed by atoms with Crippen molar-refractivity contribution in [2.45, 2.75) is 74.4 Å². The van der Waals surface area contributed by atoms with Crippen LogP contribution >= 0.6 is 0 Å². The van der Waals surface area contributed by atoms with E-state index in [9.17, 15) is 35.9 Å². The zero-order valence-electron chi connectivity index (χ0n) is 16.7. The van der Waals surface area contributed by atoms with E-state index in [1.165, 1.54) is 6.92 Å². The highest BCUT2D eigenvalue weighted by Gasteiger charge is 2.47. The predicted octanol–water partition coefficient (Wildman–Crippen LogP) is -2.08. The summed E-state index contributed by atoms with van der Waals surface area (Å²) in [5.41, 5.74) is 0.509. The summed E-state index contributed by atoms with van der Waals surface area (Å²) in [4.78, 5) is 0. The van der Waals surface area contributed by atoms with Gasteiger partial charge in [-0.2, -0.15) is 5.26 Å². The molecule has 2 saturated heterocycles. The van der Waals surface area contributed by atoms with E-state index in [0.717, 1.165) is 0 Å². The molecule has 2 fully saturated rings. The molecule has 6 N–H and O–H groups in total. The maximum atomic E-state index is 10.2. The molecule has 2 aliphatic rings. The van der Waals surface area contributed by atoms with E-state index >= 15 is 0 Å². The number of nitriles is 1. The van der Waals surface area contributed by atoms with E-state index in [-0.39, 0.29) is 0 Å². The first-order valence-corrected chi connectivity index (χ1v) is 9.85. The Labute approximate surface area is 178 Å². The van der Waals surface area contributed by atoms with E-state index in [0.29, 0.717) is 5.56 Å². The summed E-state index contributed by atoms with van der Waals surface area (Å²) in [7, 11) is 0. The molecule has 3 rings (SSSR count). The van der Waals surface area contributed by atoms with Crippen LogP contribution in [0.1, 0.15) is 18.6 Å². The molecule has 31 heavy (non-hydrogen) atoms. The van der Waals surface area contributed by atoms with Crippen molar-refractivity contribution in [2.75, 3.05) is 6.61 Å². The van der Waals surface area contributed by atoms with E-state index in [1.54, 1.807) is 30.3 Å². The Kier molecular flexibility index (Phi) is 7.95. The monoisotopic (exact) mass is 441 g/mol. The lowest BCUT2D eigenvalue weighted by atomic mass is 9.98. The third kappa shape index (κ3) is 5.21. The number of benzene rings is 1. The molecule has 0 aromatic heterocycles. The number of nitrogens with zero attached hydrogens (tertiary/aromatic N) is 1. The van der Waals surface area contributed by atoms with E-state index < -0.39 is 74.1 Å². The van der Waals surface area contributed by atoms with Gasteiger partial charge in [0.05, 0.1) is 18.8 Å². The fraction of sp³-hybridized carbons (Fsp3) is 0.650. The molecule has 2 heterocycles. The topological polar surface area (TPSA) is 182 Å². The molecule has 1 unspecified atom stereocenters. The molecule has 1 aromatic rings. The van der Waals surface area contributed by atoms with Gasteiger partial charge in [-0.15, -0.1) is 0 Å². The standard InChI is InChI=1S/C20H27NO10/c1-9-13(22)15(24)17(26)19(29-9)28-8-12-14(23)16(25)18(27)20(31-12)30-11(7-21)10-5-3-2-4-6-10/h2-6,9,11-20,22-27H,8H2,1H3/t9-,11?,12+,13-,14+,15+,16-,17+,18+,19+,20+/m0/s1. The van der Waals surface area contributed by atoms with Gasteiger partial charge in [0.1, 0.15) is 42.7 Å². The van der Waals surface area contributed by atoms with Gasteiger partial charge in [-0.05, 0) is 12.5 Å². The molecule has 1 aromatic carbocycles. The van der Waals surface area contributed by atoms with Gasteiger partial charge in [-0.25, -0.2) is 0 Å². The van der Waals surface area contributed by atoms with Gasteiger partial charge >= 0.3 is 0 Å². The number of aliphatic hydroxyl groups excluding tert-OH is 6. The summed E-state index contributed by atoms with van der Waals surface area (Å²) < 4.78 is 21.8. The second-order valence-electron chi connectivity index (χ2n) is 7.59. The number of hydrogen-bond donors (Lipinski definition) is 6. The minimum atomic E-state index is -1.66. The van der Waals surface area contributed by atoms with Crippen LogP contribution in [0.4, 0.5) is 0 Å². The second kappa shape index (κ2) is 10.3. The normalized spacial score (nSPS) is 42.0. The second-order valence-corrected chi connectivity index (χ2v) is 7.59. The Bertz CT molecular complexity index is 745. The van der Waals surface area contributed by atoms with Crippen molar-refractivity contribution in [1.82, 2.24) is 0 Å². The fourth-order valence-electron chi connectivity index (χ4n) is 3.45. The summed E-state index contributed by atoms with van der Waals surface area (Å²) in [6.45, 7) is 1.07. The highest BCUT2D eigenvalue weighted by Crippen LogP contribution is 2.28. The Morgan fingerprint density at radius 2 is 1.48 bits per heavy atom. The highest BCUT2D eigenvalue weighted by atomic mass is 16.7. The zero-order valence-corrected chi connectivity index (χ0v) is 16.7. The van der Waals surface area contributed by atoms with Gasteiger partial charge in [0.25, 0.3) is 0 Å². The average molecular weight is 441 g/mol. The minimum absolute atomic E-state index is 0.412. The predicted molar refractivity (Wildman–Crippen MR) is 101 cm³/mol. The van der Waals surface area contributed by atoms with Gasteiger partial charge in [0.2, 0.25) is 0 Å². The molecule has 11 heteroatoms. The number of rotatable bonds is 6. The first kappa shape index (κ1) is 24.0. The molecule has 11 nitrogen and oxygen atoms in total. The third-order valence-electron chi connectivity index (χ3n) is 5.39. The minimum Gasteiger partial charge on any atom is -0.388 e. The number of hydrogen-bond acceptors (Lipinski definition) is 11. The van der Waals surface area contributed by atoms with Crippen LogP contribution in [0.5, 0.6) is 0 Å². The highest BCUT2D eigenvalue weighted by molar-refractivity contribution is 5.22. The van der Waals surface area contributed by atoms with E-state index in [1.807, 2.05) is 6.07 Å². The molecule has 0 radical (unpaired) electrons. The van der Waals surface area contributed by atoms with Gasteiger partial charge in [0.15, 0.2) is 18.7 Å². The maximum absolute atomic E-state index is 10.2. The van der Waals surface area contributed by atoms with Crippen molar-refractivity contribution in [3.05, 3.63) is 35.9 Å². The first-order chi connectivity index (χ1) is 14.7. The van der Waals surface area contributed by atoms with Gasteiger partial charge in [-0.3, -0.25) is 0 Å². The molecular weight excluding hydrogens is 414 g/mol. The van der Waals surface area contributed by atoms with Crippen LogP contribution in [0.2, 0.25) is 0 Å². The largest absolute Gasteiger partial charge is 0.388 e. The van der Waals surface area contributed by atoms with Crippen LogP contribution in [0.15, 0.2) is 30.3 Å². The third-order valence-corrected chi connectivity index (χ3v) is 5.39. The van der Waals surface area contributed by atoms with Crippen molar-refractivity contribution in [2.24, 2.45) is 0 Å². The van der Waals surface area contributed by atoms with Crippen molar-refractivity contribution in [1.29, 1.82) is 5.26 Å². The SMILES string of the molecule is C[C@@H]1O[C@@H](OC[C@H]2O[C@@H](OC(C#N)c3ccccc3)[C@H](O)[C@@H](O)[C@@H]2O)[C@H](O)[C@H](O)[C@H]1O. The van der Waals surface area contributed by atoms with Crippen molar-refractivity contribution < 1.29 is 49.6 Å². The summed E-state index contributed by atoms with van der Waals surface area (Å²) in [6.07, 6.45) is -15.2. The Morgan fingerprint density at radius 3 is 2.13 bits per heavy atom.